The second kappa shape index (κ2) is 10.4. The molecule has 2 aromatic heterocycles. The van der Waals surface area contributed by atoms with Crippen LogP contribution < -0.4 is 21.5 Å². The molecule has 11 nitrogen and oxygen atoms in total. The minimum absolute atomic E-state index is 0.00630. The SMILES string of the molecule is CC(Cn1c(=O)n(-c2ccc(Oc3ccccc3)cc2)c2c(N)ncnc21)NC(=O)C(C#N)=CC1(C)COC1. The molecule has 1 aliphatic heterocycles. The third-order valence-corrected chi connectivity index (χ3v) is 6.36. The quantitative estimate of drug-likeness (QED) is 0.263. The van der Waals surface area contributed by atoms with Crippen LogP contribution in [0.5, 0.6) is 11.5 Å². The van der Waals surface area contributed by atoms with Gasteiger partial charge >= 0.3 is 5.69 Å². The lowest BCUT2D eigenvalue weighted by atomic mass is 9.86. The molecule has 0 spiro atoms. The molecule has 2 aromatic carbocycles. The van der Waals surface area contributed by atoms with Crippen LogP contribution in [0, 0.1) is 16.7 Å². The maximum atomic E-state index is 13.6. The number of benzene rings is 2. The van der Waals surface area contributed by atoms with Crippen molar-refractivity contribution in [1.82, 2.24) is 24.4 Å². The lowest BCUT2D eigenvalue weighted by Crippen LogP contribution is -2.41. The van der Waals surface area contributed by atoms with Crippen LogP contribution in [0.4, 0.5) is 5.82 Å². The van der Waals surface area contributed by atoms with E-state index in [1.54, 1.807) is 37.3 Å². The molecule has 1 unspecified atom stereocenters. The number of para-hydroxylation sites is 1. The highest BCUT2D eigenvalue weighted by Crippen LogP contribution is 2.29. The van der Waals surface area contributed by atoms with Crippen LogP contribution in [0.1, 0.15) is 13.8 Å². The van der Waals surface area contributed by atoms with Gasteiger partial charge in [-0.25, -0.2) is 14.8 Å². The summed E-state index contributed by atoms with van der Waals surface area (Å²) in [4.78, 5) is 34.8. The molecule has 1 amide bonds. The molecule has 5 rings (SSSR count). The number of rotatable bonds is 8. The predicted molar refractivity (Wildman–Crippen MR) is 144 cm³/mol. The standard InChI is InChI=1S/C28H27N7O4/c1-18(33-26(36)19(13-29)12-28(2)15-38-16-28)14-34-25-23(24(30)31-17-32-25)35(27(34)37)20-8-10-22(11-9-20)39-21-6-4-3-5-7-21/h3-12,17-18H,14-16H2,1-2H3,(H,33,36)(H2,30,31,32). The Morgan fingerprint density at radius 1 is 1.21 bits per heavy atom. The van der Waals surface area contributed by atoms with Gasteiger partial charge in [0.1, 0.15) is 35.0 Å². The third kappa shape index (κ3) is 5.23. The summed E-state index contributed by atoms with van der Waals surface area (Å²) < 4.78 is 13.9. The largest absolute Gasteiger partial charge is 0.457 e. The van der Waals surface area contributed by atoms with Gasteiger partial charge in [-0.3, -0.25) is 13.9 Å². The van der Waals surface area contributed by atoms with Crippen molar-refractivity contribution in [2.45, 2.75) is 26.4 Å². The topological polar surface area (TPSA) is 150 Å². The fourth-order valence-corrected chi connectivity index (χ4v) is 4.42. The van der Waals surface area contributed by atoms with Gasteiger partial charge in [0.2, 0.25) is 0 Å². The number of fused-ring (bicyclic) bond motifs is 1. The first kappa shape index (κ1) is 25.7. The van der Waals surface area contributed by atoms with Gasteiger partial charge in [0.05, 0.1) is 18.9 Å². The molecule has 4 aromatic rings. The molecule has 1 aliphatic rings. The number of anilines is 1. The molecule has 0 bridgehead atoms. The Balaban J connectivity index is 1.42. The van der Waals surface area contributed by atoms with Gasteiger partial charge in [0, 0.05) is 18.0 Å². The van der Waals surface area contributed by atoms with Crippen molar-refractivity contribution in [3.63, 3.8) is 0 Å². The molecular formula is C28H27N7O4. The Bertz CT molecular complexity index is 1650. The Morgan fingerprint density at radius 2 is 1.90 bits per heavy atom. The molecule has 39 heavy (non-hydrogen) atoms. The molecule has 0 saturated carbocycles. The van der Waals surface area contributed by atoms with Crippen molar-refractivity contribution in [2.24, 2.45) is 5.41 Å². The molecule has 1 atom stereocenters. The van der Waals surface area contributed by atoms with E-state index in [4.69, 9.17) is 15.2 Å². The lowest BCUT2D eigenvalue weighted by molar-refractivity contribution is -0.118. The van der Waals surface area contributed by atoms with Crippen LogP contribution in [0.25, 0.3) is 16.9 Å². The summed E-state index contributed by atoms with van der Waals surface area (Å²) >= 11 is 0. The number of nitrogens with two attached hydrogens (primary N) is 1. The van der Waals surface area contributed by atoms with Crippen LogP contribution in [0.2, 0.25) is 0 Å². The third-order valence-electron chi connectivity index (χ3n) is 6.36. The molecular weight excluding hydrogens is 498 g/mol. The summed E-state index contributed by atoms with van der Waals surface area (Å²) in [6.45, 7) is 4.67. The van der Waals surface area contributed by atoms with E-state index in [-0.39, 0.29) is 23.4 Å². The number of amides is 1. The van der Waals surface area contributed by atoms with E-state index in [1.165, 1.54) is 15.5 Å². The van der Waals surface area contributed by atoms with E-state index in [2.05, 4.69) is 15.3 Å². The first-order valence-corrected chi connectivity index (χ1v) is 12.3. The Hall–Kier alpha value is -4.95. The zero-order valence-corrected chi connectivity index (χ0v) is 21.5. The van der Waals surface area contributed by atoms with E-state index < -0.39 is 17.6 Å². The average Bonchev–Trinajstić information content (AvgIpc) is 3.19. The Labute approximate surface area is 224 Å². The average molecular weight is 526 g/mol. The number of nitriles is 1. The summed E-state index contributed by atoms with van der Waals surface area (Å²) in [6, 6.07) is 17.8. The van der Waals surface area contributed by atoms with Gasteiger partial charge in [-0.2, -0.15) is 5.26 Å². The van der Waals surface area contributed by atoms with Crippen molar-refractivity contribution >= 4 is 22.9 Å². The number of nitrogens with one attached hydrogen (secondary N) is 1. The molecule has 0 radical (unpaired) electrons. The number of hydrogen-bond acceptors (Lipinski definition) is 8. The molecule has 1 fully saturated rings. The number of nitrogen functional groups attached to an aromatic ring is 1. The van der Waals surface area contributed by atoms with Crippen molar-refractivity contribution < 1.29 is 14.3 Å². The van der Waals surface area contributed by atoms with E-state index in [9.17, 15) is 14.9 Å². The number of carbonyl (C=O) groups is 1. The number of hydrogen-bond donors (Lipinski definition) is 2. The highest BCUT2D eigenvalue weighted by Gasteiger charge is 2.33. The second-order valence-corrected chi connectivity index (χ2v) is 9.76. The van der Waals surface area contributed by atoms with Gasteiger partial charge in [0.15, 0.2) is 11.5 Å². The summed E-state index contributed by atoms with van der Waals surface area (Å²) in [5.41, 5.74) is 6.68. The number of carbonyl (C=O) groups excluding carboxylic acids is 1. The van der Waals surface area contributed by atoms with Crippen molar-refractivity contribution in [1.29, 1.82) is 5.26 Å². The fraction of sp³-hybridized carbons (Fsp3) is 0.250. The molecule has 0 aliphatic carbocycles. The number of aromatic nitrogens is 4. The van der Waals surface area contributed by atoms with Gasteiger partial charge in [0.25, 0.3) is 5.91 Å². The highest BCUT2D eigenvalue weighted by molar-refractivity contribution is 5.97. The van der Waals surface area contributed by atoms with Gasteiger partial charge in [-0.1, -0.05) is 31.2 Å². The van der Waals surface area contributed by atoms with Crippen LogP contribution in [0.15, 0.2) is 77.4 Å². The monoisotopic (exact) mass is 525 g/mol. The van der Waals surface area contributed by atoms with E-state index in [1.807, 2.05) is 43.3 Å². The summed E-state index contributed by atoms with van der Waals surface area (Å²) in [5, 5.41) is 12.3. The smallest absolute Gasteiger partial charge is 0.335 e. The number of imidazole rings is 1. The highest BCUT2D eigenvalue weighted by atomic mass is 16.5. The van der Waals surface area contributed by atoms with Gasteiger partial charge < -0.3 is 20.5 Å². The van der Waals surface area contributed by atoms with Crippen molar-refractivity contribution in [3.8, 4) is 23.3 Å². The summed E-state index contributed by atoms with van der Waals surface area (Å²) in [7, 11) is 0. The van der Waals surface area contributed by atoms with Gasteiger partial charge in [-0.05, 0) is 43.3 Å². The van der Waals surface area contributed by atoms with Crippen LogP contribution >= 0.6 is 0 Å². The predicted octanol–water partition coefficient (Wildman–Crippen LogP) is 2.95. The Kier molecular flexibility index (Phi) is 6.87. The summed E-state index contributed by atoms with van der Waals surface area (Å²) in [6.07, 6.45) is 2.92. The number of ether oxygens (including phenoxy) is 2. The second-order valence-electron chi connectivity index (χ2n) is 9.76. The molecule has 3 heterocycles. The minimum atomic E-state index is -0.516. The fourth-order valence-electron chi connectivity index (χ4n) is 4.42. The van der Waals surface area contributed by atoms with Crippen LogP contribution in [0.3, 0.4) is 0 Å². The zero-order valence-electron chi connectivity index (χ0n) is 21.5. The zero-order chi connectivity index (χ0) is 27.6. The van der Waals surface area contributed by atoms with E-state index >= 15 is 0 Å². The molecule has 198 valence electrons. The van der Waals surface area contributed by atoms with E-state index in [0.29, 0.717) is 41.6 Å². The first-order valence-electron chi connectivity index (χ1n) is 12.3. The van der Waals surface area contributed by atoms with Crippen LogP contribution in [-0.2, 0) is 16.1 Å². The van der Waals surface area contributed by atoms with Crippen LogP contribution in [-0.4, -0.2) is 44.3 Å². The maximum absolute atomic E-state index is 13.6. The molecule has 11 heteroatoms. The van der Waals surface area contributed by atoms with E-state index in [0.717, 1.165) is 0 Å². The van der Waals surface area contributed by atoms with Gasteiger partial charge in [-0.15, -0.1) is 0 Å². The normalized spacial score (nSPS) is 15.3. The molecule has 1 saturated heterocycles. The lowest BCUT2D eigenvalue weighted by Gasteiger charge is -2.35. The maximum Gasteiger partial charge on any atom is 0.335 e. The van der Waals surface area contributed by atoms with Crippen molar-refractivity contribution in [2.75, 3.05) is 18.9 Å². The number of nitrogens with zero attached hydrogens (tertiary/aromatic N) is 5. The first-order chi connectivity index (χ1) is 18.8. The Morgan fingerprint density at radius 3 is 2.54 bits per heavy atom. The van der Waals surface area contributed by atoms with Crippen molar-refractivity contribution in [3.05, 3.63) is 83.1 Å². The minimum Gasteiger partial charge on any atom is -0.457 e. The summed E-state index contributed by atoms with van der Waals surface area (Å²) in [5.74, 6) is 0.920. The molecule has 3 N–H and O–H groups in total.